The number of anilines is 1. The Kier molecular flexibility index (Phi) is 4.46. The molecule has 5 rings (SSSR count). The number of imidazole rings is 1. The minimum Gasteiger partial charge on any atom is -0.382 e. The first-order valence-electron chi connectivity index (χ1n) is 10.4. The van der Waals surface area contributed by atoms with Gasteiger partial charge in [-0.15, -0.1) is 0 Å². The molecule has 3 N–H and O–H groups in total. The highest BCUT2D eigenvalue weighted by atomic mass is 16.2. The van der Waals surface area contributed by atoms with Gasteiger partial charge >= 0.3 is 0 Å². The normalized spacial score (nSPS) is 19.4. The highest BCUT2D eigenvalue weighted by molar-refractivity contribution is 5.91. The lowest BCUT2D eigenvalue weighted by Crippen LogP contribution is -2.32. The molecule has 1 aliphatic carbocycles. The van der Waals surface area contributed by atoms with Crippen molar-refractivity contribution < 1.29 is 4.79 Å². The van der Waals surface area contributed by atoms with Crippen LogP contribution >= 0.6 is 0 Å². The zero-order chi connectivity index (χ0) is 20.8. The van der Waals surface area contributed by atoms with Crippen LogP contribution in [0.1, 0.15) is 37.4 Å². The number of fused-ring (bicyclic) bond motifs is 2. The molecule has 1 aliphatic rings. The van der Waals surface area contributed by atoms with Gasteiger partial charge in [0.1, 0.15) is 22.9 Å². The van der Waals surface area contributed by atoms with Gasteiger partial charge in [0, 0.05) is 49.2 Å². The Bertz CT molecular complexity index is 1200. The van der Waals surface area contributed by atoms with E-state index >= 15 is 0 Å². The molecule has 3 heterocycles. The SMILES string of the molecule is CN(C)C(=O)C1CCC(c2nc(-c3cc4ccccc4[nH]3)c3c(N)nccn23)CC1. The number of carbonyl (C=O) groups excluding carboxylic acids is 1. The molecule has 0 unspecified atom stereocenters. The minimum atomic E-state index is 0.113. The zero-order valence-electron chi connectivity index (χ0n) is 17.3. The monoisotopic (exact) mass is 402 g/mol. The van der Waals surface area contributed by atoms with Crippen LogP contribution in [-0.4, -0.2) is 44.3 Å². The molecule has 0 aliphatic heterocycles. The van der Waals surface area contributed by atoms with Crippen molar-refractivity contribution in [3.63, 3.8) is 0 Å². The van der Waals surface area contributed by atoms with Crippen molar-refractivity contribution in [2.45, 2.75) is 31.6 Å². The number of nitrogens with one attached hydrogen (secondary N) is 1. The summed E-state index contributed by atoms with van der Waals surface area (Å²) in [6, 6.07) is 10.3. The Balaban J connectivity index is 1.54. The second kappa shape index (κ2) is 7.16. The van der Waals surface area contributed by atoms with Gasteiger partial charge in [-0.3, -0.25) is 9.20 Å². The van der Waals surface area contributed by atoms with Gasteiger partial charge < -0.3 is 15.6 Å². The molecule has 0 radical (unpaired) electrons. The third-order valence-electron chi connectivity index (χ3n) is 6.28. The molecule has 3 aromatic heterocycles. The number of rotatable bonds is 3. The van der Waals surface area contributed by atoms with Crippen LogP contribution in [0.15, 0.2) is 42.7 Å². The summed E-state index contributed by atoms with van der Waals surface area (Å²) >= 11 is 0. The summed E-state index contributed by atoms with van der Waals surface area (Å²) < 4.78 is 2.09. The molecular formula is C23H26N6O. The maximum Gasteiger partial charge on any atom is 0.225 e. The van der Waals surface area contributed by atoms with Crippen molar-refractivity contribution in [1.82, 2.24) is 24.3 Å². The number of nitrogens with zero attached hydrogens (tertiary/aromatic N) is 4. The maximum atomic E-state index is 12.3. The summed E-state index contributed by atoms with van der Waals surface area (Å²) in [5.41, 5.74) is 9.97. The number of hydrogen-bond donors (Lipinski definition) is 2. The molecular weight excluding hydrogens is 376 g/mol. The molecule has 1 aromatic carbocycles. The van der Waals surface area contributed by atoms with E-state index < -0.39 is 0 Å². The Morgan fingerprint density at radius 3 is 2.70 bits per heavy atom. The van der Waals surface area contributed by atoms with Crippen molar-refractivity contribution in [2.24, 2.45) is 5.92 Å². The van der Waals surface area contributed by atoms with Crippen molar-refractivity contribution in [1.29, 1.82) is 0 Å². The number of hydrogen-bond acceptors (Lipinski definition) is 4. The summed E-state index contributed by atoms with van der Waals surface area (Å²) in [6.07, 6.45) is 7.33. The van der Waals surface area contributed by atoms with E-state index in [0.717, 1.165) is 59.3 Å². The van der Waals surface area contributed by atoms with Crippen molar-refractivity contribution in [3.05, 3.63) is 48.5 Å². The van der Waals surface area contributed by atoms with Crippen molar-refractivity contribution >= 4 is 28.1 Å². The lowest BCUT2D eigenvalue weighted by atomic mass is 9.81. The molecule has 1 amide bonds. The van der Waals surface area contributed by atoms with E-state index in [1.165, 1.54) is 0 Å². The van der Waals surface area contributed by atoms with Gasteiger partial charge in [-0.2, -0.15) is 0 Å². The number of aromatic amines is 1. The number of benzene rings is 1. The van der Waals surface area contributed by atoms with Crippen LogP contribution in [0.2, 0.25) is 0 Å². The molecule has 4 aromatic rings. The fourth-order valence-electron chi connectivity index (χ4n) is 4.73. The third-order valence-corrected chi connectivity index (χ3v) is 6.28. The van der Waals surface area contributed by atoms with Gasteiger partial charge in [0.05, 0.1) is 5.69 Å². The van der Waals surface area contributed by atoms with Gasteiger partial charge in [-0.05, 0) is 37.8 Å². The van der Waals surface area contributed by atoms with Crippen LogP contribution < -0.4 is 5.73 Å². The quantitative estimate of drug-likeness (QED) is 0.545. The molecule has 0 spiro atoms. The van der Waals surface area contributed by atoms with E-state index in [1.807, 2.05) is 32.4 Å². The summed E-state index contributed by atoms with van der Waals surface area (Å²) in [5.74, 6) is 2.12. The average Bonchev–Trinajstić information content (AvgIpc) is 3.35. The Morgan fingerprint density at radius 2 is 1.97 bits per heavy atom. The first kappa shape index (κ1) is 18.7. The van der Waals surface area contributed by atoms with E-state index in [1.54, 1.807) is 11.1 Å². The molecule has 0 bridgehead atoms. The van der Waals surface area contributed by atoms with E-state index in [4.69, 9.17) is 10.7 Å². The van der Waals surface area contributed by atoms with Crippen LogP contribution in [0.4, 0.5) is 5.82 Å². The van der Waals surface area contributed by atoms with Crippen LogP contribution in [0, 0.1) is 5.92 Å². The smallest absolute Gasteiger partial charge is 0.225 e. The summed E-state index contributed by atoms with van der Waals surface area (Å²) in [5, 5.41) is 1.14. The lowest BCUT2D eigenvalue weighted by molar-refractivity contribution is -0.134. The average molecular weight is 403 g/mol. The summed E-state index contributed by atoms with van der Waals surface area (Å²) in [6.45, 7) is 0. The number of carbonyl (C=O) groups is 1. The number of nitrogen functional groups attached to an aromatic ring is 1. The number of nitrogens with two attached hydrogens (primary N) is 1. The molecule has 7 heteroatoms. The predicted molar refractivity (Wildman–Crippen MR) is 118 cm³/mol. The Labute approximate surface area is 174 Å². The van der Waals surface area contributed by atoms with E-state index in [0.29, 0.717) is 11.7 Å². The van der Waals surface area contributed by atoms with Crippen LogP contribution in [0.5, 0.6) is 0 Å². The molecule has 0 atom stereocenters. The molecule has 30 heavy (non-hydrogen) atoms. The first-order valence-corrected chi connectivity index (χ1v) is 10.4. The van der Waals surface area contributed by atoms with Crippen LogP contribution in [0.3, 0.4) is 0 Å². The van der Waals surface area contributed by atoms with Crippen LogP contribution in [-0.2, 0) is 4.79 Å². The molecule has 1 fully saturated rings. The van der Waals surface area contributed by atoms with Crippen molar-refractivity contribution in [3.8, 4) is 11.4 Å². The van der Waals surface area contributed by atoms with Gasteiger partial charge in [0.25, 0.3) is 0 Å². The van der Waals surface area contributed by atoms with Gasteiger partial charge in [0.2, 0.25) is 5.91 Å². The fourth-order valence-corrected chi connectivity index (χ4v) is 4.73. The standard InChI is InChI=1S/C23H26N6O/c1-28(2)23(30)15-9-7-14(8-10-15)22-27-19(20-21(24)25-11-12-29(20)22)18-13-16-5-3-4-6-17(16)26-18/h3-6,11-15,26H,7-10H2,1-2H3,(H2,24,25). The third kappa shape index (κ3) is 3.01. The fraction of sp³-hybridized carbons (Fsp3) is 0.348. The van der Waals surface area contributed by atoms with Crippen LogP contribution in [0.25, 0.3) is 27.8 Å². The van der Waals surface area contributed by atoms with E-state index in [2.05, 4.69) is 32.6 Å². The largest absolute Gasteiger partial charge is 0.382 e. The van der Waals surface area contributed by atoms with E-state index in [-0.39, 0.29) is 11.8 Å². The minimum absolute atomic E-state index is 0.113. The van der Waals surface area contributed by atoms with E-state index in [9.17, 15) is 4.79 Å². The molecule has 154 valence electrons. The summed E-state index contributed by atoms with van der Waals surface area (Å²) in [4.78, 5) is 26.9. The number of amides is 1. The predicted octanol–water partition coefficient (Wildman–Crippen LogP) is 3.82. The second-order valence-electron chi connectivity index (χ2n) is 8.40. The zero-order valence-corrected chi connectivity index (χ0v) is 17.3. The van der Waals surface area contributed by atoms with Gasteiger partial charge in [0.15, 0.2) is 0 Å². The Morgan fingerprint density at radius 1 is 1.20 bits per heavy atom. The first-order chi connectivity index (χ1) is 14.5. The lowest BCUT2D eigenvalue weighted by Gasteiger charge is -2.28. The van der Waals surface area contributed by atoms with Gasteiger partial charge in [-0.25, -0.2) is 9.97 Å². The Hall–Kier alpha value is -3.35. The number of aromatic nitrogens is 4. The topological polar surface area (TPSA) is 92.3 Å². The molecule has 1 saturated carbocycles. The summed E-state index contributed by atoms with van der Waals surface area (Å²) in [7, 11) is 3.66. The highest BCUT2D eigenvalue weighted by Gasteiger charge is 2.31. The highest BCUT2D eigenvalue weighted by Crippen LogP contribution is 2.39. The molecule has 0 saturated heterocycles. The maximum absolute atomic E-state index is 12.3. The van der Waals surface area contributed by atoms with Gasteiger partial charge in [-0.1, -0.05) is 18.2 Å². The van der Waals surface area contributed by atoms with Crippen molar-refractivity contribution in [2.75, 3.05) is 19.8 Å². The molecule has 7 nitrogen and oxygen atoms in total. The second-order valence-corrected chi connectivity index (χ2v) is 8.40. The number of para-hydroxylation sites is 1. The number of H-pyrrole nitrogens is 1.